The molecule has 3 nitrogen and oxygen atoms in total. The van der Waals surface area contributed by atoms with E-state index in [2.05, 4.69) is 0 Å². The van der Waals surface area contributed by atoms with Crippen molar-refractivity contribution in [3.63, 3.8) is 0 Å². The predicted molar refractivity (Wildman–Crippen MR) is 60.5 cm³/mol. The maximum atomic E-state index is 5.83. The first kappa shape index (κ1) is 15.4. The van der Waals surface area contributed by atoms with Crippen molar-refractivity contribution >= 4 is 0 Å². The van der Waals surface area contributed by atoms with E-state index >= 15 is 0 Å². The molecule has 82 valence electrons. The third-order valence-corrected chi connectivity index (χ3v) is 1.79. The van der Waals surface area contributed by atoms with E-state index in [1.165, 1.54) is 0 Å². The smallest absolute Gasteiger partial charge is 0.0453 e. The molecule has 0 amide bonds. The molecular formula is C10H27N3. The van der Waals surface area contributed by atoms with Gasteiger partial charge in [0.2, 0.25) is 0 Å². The molecule has 1 fully saturated rings. The van der Waals surface area contributed by atoms with Gasteiger partial charge in [0, 0.05) is 18.8 Å². The van der Waals surface area contributed by atoms with Gasteiger partial charge in [-0.3, -0.25) is 4.90 Å². The molecule has 0 radical (unpaired) electrons. The third-order valence-electron chi connectivity index (χ3n) is 1.79. The molecule has 0 atom stereocenters. The maximum Gasteiger partial charge on any atom is 0.0453 e. The minimum Gasteiger partial charge on any atom is -0.324 e. The van der Waals surface area contributed by atoms with Crippen molar-refractivity contribution < 1.29 is 0 Å². The molecular weight excluding hydrogens is 162 g/mol. The summed E-state index contributed by atoms with van der Waals surface area (Å²) in [6, 6.07) is 0. The lowest BCUT2D eigenvalue weighted by Gasteiger charge is -2.17. The maximum absolute atomic E-state index is 5.83. The highest BCUT2D eigenvalue weighted by molar-refractivity contribution is 5.00. The SMILES string of the molecule is CC.CC.CN(CN)CC1(N)CC1. The zero-order valence-electron chi connectivity index (χ0n) is 9.93. The van der Waals surface area contributed by atoms with E-state index in [4.69, 9.17) is 11.5 Å². The van der Waals surface area contributed by atoms with Gasteiger partial charge in [-0.25, -0.2) is 0 Å². The van der Waals surface area contributed by atoms with Gasteiger partial charge in [0.15, 0.2) is 0 Å². The van der Waals surface area contributed by atoms with Gasteiger partial charge in [0.05, 0.1) is 0 Å². The second-order valence-electron chi connectivity index (χ2n) is 3.06. The molecule has 1 saturated carbocycles. The molecule has 3 heteroatoms. The summed E-state index contributed by atoms with van der Waals surface area (Å²) in [5.74, 6) is 0. The fourth-order valence-electron chi connectivity index (χ4n) is 0.921. The minimum atomic E-state index is 0.119. The second-order valence-corrected chi connectivity index (χ2v) is 3.06. The van der Waals surface area contributed by atoms with Crippen LogP contribution in [0.15, 0.2) is 0 Å². The van der Waals surface area contributed by atoms with Crippen LogP contribution in [-0.2, 0) is 0 Å². The van der Waals surface area contributed by atoms with Crippen LogP contribution in [-0.4, -0.2) is 30.7 Å². The van der Waals surface area contributed by atoms with Gasteiger partial charge in [-0.05, 0) is 19.9 Å². The van der Waals surface area contributed by atoms with Crippen molar-refractivity contribution in [3.8, 4) is 0 Å². The Morgan fingerprint density at radius 1 is 1.15 bits per heavy atom. The average molecular weight is 189 g/mol. The Bertz CT molecular complexity index is 100. The van der Waals surface area contributed by atoms with Crippen molar-refractivity contribution in [2.24, 2.45) is 11.5 Å². The van der Waals surface area contributed by atoms with Crippen molar-refractivity contribution in [2.45, 2.75) is 46.1 Å². The van der Waals surface area contributed by atoms with Crippen molar-refractivity contribution in [3.05, 3.63) is 0 Å². The van der Waals surface area contributed by atoms with Crippen molar-refractivity contribution in [1.29, 1.82) is 0 Å². The highest BCUT2D eigenvalue weighted by Gasteiger charge is 2.38. The molecule has 4 N–H and O–H groups in total. The summed E-state index contributed by atoms with van der Waals surface area (Å²) < 4.78 is 0. The first-order valence-corrected chi connectivity index (χ1v) is 5.34. The van der Waals surface area contributed by atoms with Crippen LogP contribution in [0.5, 0.6) is 0 Å². The van der Waals surface area contributed by atoms with Crippen LogP contribution in [0, 0.1) is 0 Å². The van der Waals surface area contributed by atoms with Crippen LogP contribution in [0.25, 0.3) is 0 Å². The normalized spacial score (nSPS) is 16.6. The fraction of sp³-hybridized carbons (Fsp3) is 1.00. The molecule has 0 aromatic rings. The summed E-state index contributed by atoms with van der Waals surface area (Å²) in [5.41, 5.74) is 11.3. The van der Waals surface area contributed by atoms with Crippen LogP contribution < -0.4 is 11.5 Å². The number of rotatable bonds is 3. The van der Waals surface area contributed by atoms with E-state index in [1.807, 2.05) is 39.6 Å². The first-order chi connectivity index (χ1) is 6.16. The zero-order chi connectivity index (χ0) is 10.9. The van der Waals surface area contributed by atoms with Gasteiger partial charge in [-0.2, -0.15) is 0 Å². The Morgan fingerprint density at radius 2 is 1.54 bits per heavy atom. The van der Waals surface area contributed by atoms with Gasteiger partial charge in [0.25, 0.3) is 0 Å². The summed E-state index contributed by atoms with van der Waals surface area (Å²) in [6.07, 6.45) is 2.33. The molecule has 0 aromatic heterocycles. The van der Waals surface area contributed by atoms with Crippen LogP contribution >= 0.6 is 0 Å². The highest BCUT2D eigenvalue weighted by atomic mass is 15.2. The topological polar surface area (TPSA) is 55.3 Å². The van der Waals surface area contributed by atoms with Gasteiger partial charge in [0.1, 0.15) is 0 Å². The molecule has 0 spiro atoms. The Labute approximate surface area is 83.5 Å². The summed E-state index contributed by atoms with van der Waals surface area (Å²) in [7, 11) is 1.99. The number of nitrogens with two attached hydrogens (primary N) is 2. The molecule has 0 aliphatic heterocycles. The molecule has 1 aliphatic carbocycles. The van der Waals surface area contributed by atoms with Crippen LogP contribution in [0.1, 0.15) is 40.5 Å². The number of nitrogens with zero attached hydrogens (tertiary/aromatic N) is 1. The van der Waals surface area contributed by atoms with Gasteiger partial charge in [-0.15, -0.1) is 0 Å². The van der Waals surface area contributed by atoms with Crippen LogP contribution in [0.2, 0.25) is 0 Å². The Kier molecular flexibility index (Phi) is 10.0. The van der Waals surface area contributed by atoms with Gasteiger partial charge in [-0.1, -0.05) is 27.7 Å². The van der Waals surface area contributed by atoms with Crippen LogP contribution in [0.4, 0.5) is 0 Å². The fourth-order valence-corrected chi connectivity index (χ4v) is 0.921. The van der Waals surface area contributed by atoms with Gasteiger partial charge < -0.3 is 11.5 Å². The van der Waals surface area contributed by atoms with Crippen molar-refractivity contribution in [2.75, 3.05) is 20.3 Å². The predicted octanol–water partition coefficient (Wildman–Crippen LogP) is 1.38. The van der Waals surface area contributed by atoms with E-state index < -0.39 is 0 Å². The summed E-state index contributed by atoms with van der Waals surface area (Å²) >= 11 is 0. The van der Waals surface area contributed by atoms with E-state index in [1.54, 1.807) is 0 Å². The molecule has 0 saturated heterocycles. The third kappa shape index (κ3) is 8.22. The molecule has 13 heavy (non-hydrogen) atoms. The number of likely N-dealkylation sites (N-methyl/N-ethyl adjacent to an activating group) is 1. The molecule has 0 bridgehead atoms. The Balaban J connectivity index is 0. The quantitative estimate of drug-likeness (QED) is 0.659. The summed E-state index contributed by atoms with van der Waals surface area (Å²) in [6.45, 7) is 9.56. The molecule has 1 aliphatic rings. The second kappa shape index (κ2) is 8.48. The largest absolute Gasteiger partial charge is 0.324 e. The highest BCUT2D eigenvalue weighted by Crippen LogP contribution is 2.32. The Morgan fingerprint density at radius 3 is 1.77 bits per heavy atom. The molecule has 0 aromatic carbocycles. The zero-order valence-corrected chi connectivity index (χ0v) is 9.93. The lowest BCUT2D eigenvalue weighted by molar-refractivity contribution is 0.311. The Hall–Kier alpha value is -0.120. The summed E-state index contributed by atoms with van der Waals surface area (Å²) in [4.78, 5) is 2.05. The van der Waals surface area contributed by atoms with E-state index in [0.29, 0.717) is 6.67 Å². The lowest BCUT2D eigenvalue weighted by Crippen LogP contribution is -2.39. The monoisotopic (exact) mass is 189 g/mol. The average Bonchev–Trinajstić information content (AvgIpc) is 2.90. The lowest BCUT2D eigenvalue weighted by atomic mass is 10.3. The number of hydrogen-bond acceptors (Lipinski definition) is 3. The minimum absolute atomic E-state index is 0.119. The molecule has 0 unspecified atom stereocenters. The standard InChI is InChI=1S/C6H15N3.2C2H6/c1-9(5-7)4-6(8)2-3-6;2*1-2/h2-5,7-8H2,1H3;2*1-2H3. The van der Waals surface area contributed by atoms with Crippen LogP contribution in [0.3, 0.4) is 0 Å². The number of hydrogen-bond donors (Lipinski definition) is 2. The van der Waals surface area contributed by atoms with Gasteiger partial charge >= 0.3 is 0 Å². The van der Waals surface area contributed by atoms with E-state index in [-0.39, 0.29) is 5.54 Å². The van der Waals surface area contributed by atoms with Crippen molar-refractivity contribution in [1.82, 2.24) is 4.90 Å². The van der Waals surface area contributed by atoms with E-state index in [0.717, 1.165) is 19.4 Å². The molecule has 1 rings (SSSR count). The molecule has 0 heterocycles. The first-order valence-electron chi connectivity index (χ1n) is 5.34. The van der Waals surface area contributed by atoms with E-state index in [9.17, 15) is 0 Å². The summed E-state index contributed by atoms with van der Waals surface area (Å²) in [5, 5.41) is 0.